The van der Waals surface area contributed by atoms with E-state index in [1.165, 1.54) is 16.7 Å². The van der Waals surface area contributed by atoms with Crippen molar-refractivity contribution in [1.82, 2.24) is 0 Å². The summed E-state index contributed by atoms with van der Waals surface area (Å²) >= 11 is 0. The molecule has 0 saturated heterocycles. The topological polar surface area (TPSA) is 9.23 Å². The lowest BCUT2D eigenvalue weighted by molar-refractivity contribution is 0.411. The van der Waals surface area contributed by atoms with Crippen LogP contribution in [0.2, 0.25) is 0 Å². The average Bonchev–Trinajstić information content (AvgIpc) is 1.97. The molecule has 0 aliphatic rings. The van der Waals surface area contributed by atoms with E-state index in [1.54, 1.807) is 7.11 Å². The molecule has 0 fully saturated rings. The SMILES string of the molecule is COc1cc(C)c(C)cc1C. The molecule has 0 unspecified atom stereocenters. The van der Waals surface area contributed by atoms with E-state index >= 15 is 0 Å². The molecule has 0 aliphatic carbocycles. The number of aryl methyl sites for hydroxylation is 3. The van der Waals surface area contributed by atoms with Crippen molar-refractivity contribution in [1.29, 1.82) is 0 Å². The minimum atomic E-state index is 0.980. The third kappa shape index (κ3) is 1.53. The van der Waals surface area contributed by atoms with Crippen LogP contribution in [0.4, 0.5) is 0 Å². The second-order valence-electron chi connectivity index (χ2n) is 2.91. The molecule has 1 nitrogen and oxygen atoms in total. The number of ether oxygens (including phenoxy) is 1. The molecule has 0 radical (unpaired) electrons. The van der Waals surface area contributed by atoms with Gasteiger partial charge in [0.15, 0.2) is 0 Å². The summed E-state index contributed by atoms with van der Waals surface area (Å²) < 4.78 is 5.18. The quantitative estimate of drug-likeness (QED) is 0.598. The summed E-state index contributed by atoms with van der Waals surface area (Å²) in [7, 11) is 1.71. The third-order valence-corrected chi connectivity index (χ3v) is 2.01. The molecule has 0 spiro atoms. The van der Waals surface area contributed by atoms with Crippen LogP contribution in [0.5, 0.6) is 5.75 Å². The Balaban J connectivity index is 3.21. The molecular weight excluding hydrogens is 136 g/mol. The summed E-state index contributed by atoms with van der Waals surface area (Å²) in [4.78, 5) is 0. The van der Waals surface area contributed by atoms with Crippen molar-refractivity contribution in [2.45, 2.75) is 20.8 Å². The van der Waals surface area contributed by atoms with Crippen LogP contribution in [0.1, 0.15) is 16.7 Å². The summed E-state index contributed by atoms with van der Waals surface area (Å²) in [6.07, 6.45) is 0. The second-order valence-corrected chi connectivity index (χ2v) is 2.91. The zero-order valence-electron chi connectivity index (χ0n) is 7.56. The summed E-state index contributed by atoms with van der Waals surface area (Å²) in [5.41, 5.74) is 3.81. The molecule has 1 aromatic rings. The monoisotopic (exact) mass is 150 g/mol. The van der Waals surface area contributed by atoms with E-state index in [1.807, 2.05) is 0 Å². The minimum Gasteiger partial charge on any atom is -0.496 e. The molecule has 1 aromatic carbocycles. The van der Waals surface area contributed by atoms with Crippen LogP contribution < -0.4 is 4.74 Å². The Kier molecular flexibility index (Phi) is 2.18. The number of methoxy groups -OCH3 is 1. The van der Waals surface area contributed by atoms with E-state index < -0.39 is 0 Å². The van der Waals surface area contributed by atoms with Crippen LogP contribution >= 0.6 is 0 Å². The predicted molar refractivity (Wildman–Crippen MR) is 47.2 cm³/mol. The Bertz CT molecular complexity index is 264. The van der Waals surface area contributed by atoms with Gasteiger partial charge in [-0.1, -0.05) is 6.07 Å². The molecule has 11 heavy (non-hydrogen) atoms. The van der Waals surface area contributed by atoms with Crippen LogP contribution in [0.25, 0.3) is 0 Å². The Morgan fingerprint density at radius 2 is 1.45 bits per heavy atom. The smallest absolute Gasteiger partial charge is 0.122 e. The van der Waals surface area contributed by atoms with Crippen LogP contribution in [-0.4, -0.2) is 7.11 Å². The van der Waals surface area contributed by atoms with Gasteiger partial charge >= 0.3 is 0 Å². The lowest BCUT2D eigenvalue weighted by Gasteiger charge is -2.07. The molecule has 0 amide bonds. The Morgan fingerprint density at radius 3 is 2.00 bits per heavy atom. The van der Waals surface area contributed by atoms with E-state index in [0.717, 1.165) is 5.75 Å². The first-order valence-electron chi connectivity index (χ1n) is 3.77. The predicted octanol–water partition coefficient (Wildman–Crippen LogP) is 2.62. The van der Waals surface area contributed by atoms with Crippen LogP contribution in [0.3, 0.4) is 0 Å². The molecule has 0 saturated carbocycles. The Hall–Kier alpha value is -0.980. The summed E-state index contributed by atoms with van der Waals surface area (Å²) in [5.74, 6) is 0.980. The van der Waals surface area contributed by atoms with E-state index in [4.69, 9.17) is 4.74 Å². The van der Waals surface area contributed by atoms with Gasteiger partial charge in [0.1, 0.15) is 5.75 Å². The standard InChI is InChI=1S/C10H14O/c1-7-5-9(3)10(11-4)6-8(7)2/h5-6H,1-4H3. The van der Waals surface area contributed by atoms with Gasteiger partial charge in [-0.15, -0.1) is 0 Å². The zero-order chi connectivity index (χ0) is 8.43. The van der Waals surface area contributed by atoms with Crippen molar-refractivity contribution in [3.63, 3.8) is 0 Å². The molecule has 1 heteroatoms. The van der Waals surface area contributed by atoms with Gasteiger partial charge in [-0.05, 0) is 43.5 Å². The summed E-state index contributed by atoms with van der Waals surface area (Å²) in [6, 6.07) is 4.22. The fraction of sp³-hybridized carbons (Fsp3) is 0.400. The molecule has 0 aliphatic heterocycles. The maximum absolute atomic E-state index is 5.18. The zero-order valence-corrected chi connectivity index (χ0v) is 7.56. The number of hydrogen-bond donors (Lipinski definition) is 0. The normalized spacial score (nSPS) is 9.82. The minimum absolute atomic E-state index is 0.980. The summed E-state index contributed by atoms with van der Waals surface area (Å²) in [5, 5.41) is 0. The first-order chi connectivity index (χ1) is 5.15. The fourth-order valence-corrected chi connectivity index (χ4v) is 1.15. The van der Waals surface area contributed by atoms with E-state index in [-0.39, 0.29) is 0 Å². The molecule has 0 atom stereocenters. The Morgan fingerprint density at radius 1 is 0.909 bits per heavy atom. The number of benzene rings is 1. The van der Waals surface area contributed by atoms with Gasteiger partial charge in [-0.2, -0.15) is 0 Å². The van der Waals surface area contributed by atoms with Crippen LogP contribution in [0, 0.1) is 20.8 Å². The van der Waals surface area contributed by atoms with Crippen molar-refractivity contribution < 1.29 is 4.74 Å². The maximum atomic E-state index is 5.18. The molecule has 0 N–H and O–H groups in total. The van der Waals surface area contributed by atoms with Gasteiger partial charge < -0.3 is 4.74 Å². The van der Waals surface area contributed by atoms with E-state index in [0.29, 0.717) is 0 Å². The van der Waals surface area contributed by atoms with Gasteiger partial charge in [0.05, 0.1) is 7.11 Å². The van der Waals surface area contributed by atoms with Crippen LogP contribution in [0.15, 0.2) is 12.1 Å². The highest BCUT2D eigenvalue weighted by Gasteiger charge is 1.99. The van der Waals surface area contributed by atoms with Crippen molar-refractivity contribution in [3.8, 4) is 5.75 Å². The van der Waals surface area contributed by atoms with Crippen molar-refractivity contribution in [2.75, 3.05) is 7.11 Å². The van der Waals surface area contributed by atoms with Crippen LogP contribution in [-0.2, 0) is 0 Å². The highest BCUT2D eigenvalue weighted by molar-refractivity contribution is 5.40. The summed E-state index contributed by atoms with van der Waals surface area (Å²) in [6.45, 7) is 6.27. The average molecular weight is 150 g/mol. The highest BCUT2D eigenvalue weighted by Crippen LogP contribution is 2.21. The van der Waals surface area contributed by atoms with E-state index in [2.05, 4.69) is 32.9 Å². The first kappa shape index (κ1) is 8.12. The molecular formula is C10H14O. The number of rotatable bonds is 1. The molecule has 0 aromatic heterocycles. The maximum Gasteiger partial charge on any atom is 0.122 e. The highest BCUT2D eigenvalue weighted by atomic mass is 16.5. The van der Waals surface area contributed by atoms with Gasteiger partial charge in [-0.25, -0.2) is 0 Å². The van der Waals surface area contributed by atoms with E-state index in [9.17, 15) is 0 Å². The van der Waals surface area contributed by atoms with Gasteiger partial charge in [0.2, 0.25) is 0 Å². The molecule has 60 valence electrons. The van der Waals surface area contributed by atoms with Crippen molar-refractivity contribution in [3.05, 3.63) is 28.8 Å². The number of hydrogen-bond acceptors (Lipinski definition) is 1. The van der Waals surface area contributed by atoms with Gasteiger partial charge in [0, 0.05) is 0 Å². The van der Waals surface area contributed by atoms with Gasteiger partial charge in [-0.3, -0.25) is 0 Å². The third-order valence-electron chi connectivity index (χ3n) is 2.01. The van der Waals surface area contributed by atoms with Crippen molar-refractivity contribution in [2.24, 2.45) is 0 Å². The largest absolute Gasteiger partial charge is 0.496 e. The lowest BCUT2D eigenvalue weighted by Crippen LogP contribution is -1.90. The fourth-order valence-electron chi connectivity index (χ4n) is 1.15. The Labute approximate surface area is 68.0 Å². The molecule has 0 heterocycles. The van der Waals surface area contributed by atoms with Crippen molar-refractivity contribution >= 4 is 0 Å². The lowest BCUT2D eigenvalue weighted by atomic mass is 10.1. The molecule has 1 rings (SSSR count). The molecule has 0 bridgehead atoms. The second kappa shape index (κ2) is 2.95. The first-order valence-corrected chi connectivity index (χ1v) is 3.77. The van der Waals surface area contributed by atoms with Gasteiger partial charge in [0.25, 0.3) is 0 Å².